The van der Waals surface area contributed by atoms with E-state index in [0.29, 0.717) is 29.9 Å². The fourth-order valence-electron chi connectivity index (χ4n) is 2.53. The summed E-state index contributed by atoms with van der Waals surface area (Å²) < 4.78 is 13.6. The number of hydrogen-bond acceptors (Lipinski definition) is 2. The van der Waals surface area contributed by atoms with Crippen molar-refractivity contribution in [2.75, 3.05) is 19.7 Å². The van der Waals surface area contributed by atoms with Crippen LogP contribution in [0.2, 0.25) is 0 Å². The van der Waals surface area contributed by atoms with Crippen LogP contribution in [0, 0.1) is 17.7 Å². The third kappa shape index (κ3) is 7.98. The monoisotopic (exact) mass is 323 g/mol. The number of benzene rings is 1. The first kappa shape index (κ1) is 19.4. The van der Waals surface area contributed by atoms with Crippen molar-refractivity contribution in [3.63, 3.8) is 0 Å². The summed E-state index contributed by atoms with van der Waals surface area (Å²) in [5, 5.41) is 15.7. The second-order valence-electron chi connectivity index (χ2n) is 6.18. The summed E-state index contributed by atoms with van der Waals surface area (Å²) in [6, 6.07) is 6.69. The zero-order valence-electron chi connectivity index (χ0n) is 14.5. The normalized spacial score (nSPS) is 13.2. The van der Waals surface area contributed by atoms with Crippen LogP contribution in [0.4, 0.5) is 4.39 Å². The van der Waals surface area contributed by atoms with Gasteiger partial charge in [0.05, 0.1) is 6.54 Å². The Morgan fingerprint density at radius 1 is 1.26 bits per heavy atom. The van der Waals surface area contributed by atoms with Crippen LogP contribution in [0.15, 0.2) is 29.3 Å². The van der Waals surface area contributed by atoms with Crippen LogP contribution in [-0.2, 0) is 6.54 Å². The Bertz CT molecular complexity index is 477. The number of hydrogen-bond donors (Lipinski definition) is 3. The first-order chi connectivity index (χ1) is 11.1. The summed E-state index contributed by atoms with van der Waals surface area (Å²) in [6.45, 7) is 8.36. The van der Waals surface area contributed by atoms with E-state index in [4.69, 9.17) is 0 Å². The average molecular weight is 323 g/mol. The highest BCUT2D eigenvalue weighted by atomic mass is 19.1. The molecule has 4 nitrogen and oxygen atoms in total. The highest BCUT2D eigenvalue weighted by Gasteiger charge is 2.11. The lowest BCUT2D eigenvalue weighted by molar-refractivity contribution is 0.243. The molecule has 1 aromatic carbocycles. The zero-order chi connectivity index (χ0) is 17.1. The number of aliphatic hydroxyl groups excluding tert-OH is 1. The molecule has 0 saturated carbocycles. The predicted molar refractivity (Wildman–Crippen MR) is 93.9 cm³/mol. The quantitative estimate of drug-likeness (QED) is 0.484. The molecule has 0 saturated heterocycles. The van der Waals surface area contributed by atoms with Gasteiger partial charge in [0.15, 0.2) is 5.96 Å². The minimum Gasteiger partial charge on any atom is -0.396 e. The van der Waals surface area contributed by atoms with Crippen LogP contribution in [0.3, 0.4) is 0 Å². The smallest absolute Gasteiger partial charge is 0.191 e. The number of guanidine groups is 1. The summed E-state index contributed by atoms with van der Waals surface area (Å²) in [5.74, 6) is 1.44. The second kappa shape index (κ2) is 11.0. The SMILES string of the molecule is CCNC(=NCc1ccccc1F)NCC(CCO)CC(C)C. The second-order valence-corrected chi connectivity index (χ2v) is 6.18. The molecular weight excluding hydrogens is 293 g/mol. The van der Waals surface area contributed by atoms with Crippen LogP contribution < -0.4 is 10.6 Å². The fraction of sp³-hybridized carbons (Fsp3) is 0.611. The highest BCUT2D eigenvalue weighted by molar-refractivity contribution is 5.79. The Labute approximate surface area is 139 Å². The number of nitrogens with zero attached hydrogens (tertiary/aromatic N) is 1. The maximum absolute atomic E-state index is 13.6. The van der Waals surface area contributed by atoms with Gasteiger partial charge in [-0.1, -0.05) is 32.0 Å². The summed E-state index contributed by atoms with van der Waals surface area (Å²) >= 11 is 0. The molecular formula is C18H30FN3O. The van der Waals surface area contributed by atoms with Crippen molar-refractivity contribution in [1.29, 1.82) is 0 Å². The van der Waals surface area contributed by atoms with Gasteiger partial charge in [-0.05, 0) is 37.7 Å². The van der Waals surface area contributed by atoms with Crippen LogP contribution >= 0.6 is 0 Å². The molecule has 1 atom stereocenters. The maximum atomic E-state index is 13.6. The van der Waals surface area contributed by atoms with Crippen molar-refractivity contribution in [3.8, 4) is 0 Å². The van der Waals surface area contributed by atoms with E-state index in [0.717, 1.165) is 25.9 Å². The minimum absolute atomic E-state index is 0.196. The molecule has 130 valence electrons. The van der Waals surface area contributed by atoms with E-state index in [2.05, 4.69) is 29.5 Å². The fourth-order valence-corrected chi connectivity index (χ4v) is 2.53. The standard InChI is InChI=1S/C18H30FN3O/c1-4-20-18(21-12-15(9-10-23)11-14(2)3)22-13-16-7-5-6-8-17(16)19/h5-8,14-15,23H,4,9-13H2,1-3H3,(H2,20,21,22). The summed E-state index contributed by atoms with van der Waals surface area (Å²) in [4.78, 5) is 4.45. The van der Waals surface area contributed by atoms with Crippen molar-refractivity contribution in [2.24, 2.45) is 16.8 Å². The van der Waals surface area contributed by atoms with Crippen molar-refractivity contribution in [1.82, 2.24) is 10.6 Å². The maximum Gasteiger partial charge on any atom is 0.191 e. The molecule has 0 spiro atoms. The van der Waals surface area contributed by atoms with Gasteiger partial charge in [0.2, 0.25) is 0 Å². The van der Waals surface area contributed by atoms with Crippen molar-refractivity contribution < 1.29 is 9.50 Å². The molecule has 0 aromatic heterocycles. The Balaban J connectivity index is 2.62. The molecule has 1 rings (SSSR count). The summed E-state index contributed by atoms with van der Waals surface area (Å²) in [5.41, 5.74) is 0.582. The van der Waals surface area contributed by atoms with Gasteiger partial charge < -0.3 is 15.7 Å². The zero-order valence-corrected chi connectivity index (χ0v) is 14.5. The van der Waals surface area contributed by atoms with Crippen molar-refractivity contribution in [2.45, 2.75) is 40.2 Å². The first-order valence-corrected chi connectivity index (χ1v) is 8.43. The van der Waals surface area contributed by atoms with Crippen LogP contribution in [0.5, 0.6) is 0 Å². The third-order valence-corrected chi connectivity index (χ3v) is 3.61. The van der Waals surface area contributed by atoms with Gasteiger partial charge in [-0.15, -0.1) is 0 Å². The van der Waals surface area contributed by atoms with Gasteiger partial charge in [0, 0.05) is 25.3 Å². The van der Waals surface area contributed by atoms with Crippen LogP contribution in [0.25, 0.3) is 0 Å². The molecule has 0 radical (unpaired) electrons. The Kier molecular flexibility index (Phi) is 9.29. The van der Waals surface area contributed by atoms with E-state index >= 15 is 0 Å². The summed E-state index contributed by atoms with van der Waals surface area (Å²) in [6.07, 6.45) is 1.83. The largest absolute Gasteiger partial charge is 0.396 e. The lowest BCUT2D eigenvalue weighted by atomic mass is 9.94. The van der Waals surface area contributed by atoms with Crippen molar-refractivity contribution in [3.05, 3.63) is 35.6 Å². The molecule has 0 aliphatic carbocycles. The molecule has 23 heavy (non-hydrogen) atoms. The topological polar surface area (TPSA) is 56.7 Å². The third-order valence-electron chi connectivity index (χ3n) is 3.61. The van der Waals surface area contributed by atoms with E-state index in [1.165, 1.54) is 6.07 Å². The summed E-state index contributed by atoms with van der Waals surface area (Å²) in [7, 11) is 0. The molecule has 0 aliphatic heterocycles. The average Bonchev–Trinajstić information content (AvgIpc) is 2.51. The Morgan fingerprint density at radius 2 is 2.00 bits per heavy atom. The van der Waals surface area contributed by atoms with Gasteiger partial charge >= 0.3 is 0 Å². The number of halogens is 1. The molecule has 1 aromatic rings. The van der Waals surface area contributed by atoms with Crippen LogP contribution in [0.1, 0.15) is 39.2 Å². The van der Waals surface area contributed by atoms with E-state index in [-0.39, 0.29) is 12.4 Å². The Morgan fingerprint density at radius 3 is 2.61 bits per heavy atom. The van der Waals surface area contributed by atoms with Crippen LogP contribution in [-0.4, -0.2) is 30.8 Å². The first-order valence-electron chi connectivity index (χ1n) is 8.43. The predicted octanol–water partition coefficient (Wildman–Crippen LogP) is 2.93. The van der Waals surface area contributed by atoms with Gasteiger partial charge in [-0.3, -0.25) is 0 Å². The molecule has 0 fully saturated rings. The van der Waals surface area contributed by atoms with E-state index in [9.17, 15) is 9.50 Å². The van der Waals surface area contributed by atoms with Gasteiger partial charge in [-0.25, -0.2) is 9.38 Å². The number of rotatable bonds is 9. The molecule has 1 unspecified atom stereocenters. The number of aliphatic hydroxyl groups is 1. The molecule has 5 heteroatoms. The molecule has 0 bridgehead atoms. The Hall–Kier alpha value is -1.62. The van der Waals surface area contributed by atoms with Gasteiger partial charge in [0.25, 0.3) is 0 Å². The van der Waals surface area contributed by atoms with E-state index in [1.54, 1.807) is 12.1 Å². The lowest BCUT2D eigenvalue weighted by Crippen LogP contribution is -2.40. The van der Waals surface area contributed by atoms with E-state index < -0.39 is 0 Å². The molecule has 0 amide bonds. The lowest BCUT2D eigenvalue weighted by Gasteiger charge is -2.20. The minimum atomic E-state index is -0.231. The molecule has 0 heterocycles. The van der Waals surface area contributed by atoms with Crippen molar-refractivity contribution >= 4 is 5.96 Å². The van der Waals surface area contributed by atoms with E-state index in [1.807, 2.05) is 13.0 Å². The van der Waals surface area contributed by atoms with Gasteiger partial charge in [0.1, 0.15) is 5.82 Å². The number of nitrogens with one attached hydrogen (secondary N) is 2. The highest BCUT2D eigenvalue weighted by Crippen LogP contribution is 2.14. The molecule has 3 N–H and O–H groups in total. The molecule has 0 aliphatic rings. The van der Waals surface area contributed by atoms with Gasteiger partial charge in [-0.2, -0.15) is 0 Å². The number of aliphatic imine (C=N–C) groups is 1.